The number of nitrogens with zero attached hydrogens (tertiary/aromatic N) is 1. The highest BCUT2D eigenvalue weighted by molar-refractivity contribution is 6.15. The van der Waals surface area contributed by atoms with Crippen molar-refractivity contribution in [3.8, 4) is 0 Å². The van der Waals surface area contributed by atoms with E-state index in [0.717, 1.165) is 11.0 Å². The maximum atomic E-state index is 12.6. The van der Waals surface area contributed by atoms with Crippen molar-refractivity contribution < 1.29 is 4.79 Å². The molecule has 0 aliphatic rings. The first-order valence-electron chi connectivity index (χ1n) is 7.04. The van der Waals surface area contributed by atoms with Gasteiger partial charge in [-0.3, -0.25) is 4.79 Å². The van der Waals surface area contributed by atoms with Crippen LogP contribution in [-0.4, -0.2) is 15.8 Å². The molecule has 106 valence electrons. The van der Waals surface area contributed by atoms with Gasteiger partial charge in [0, 0.05) is 28.9 Å². The Morgan fingerprint density at radius 3 is 2.48 bits per heavy atom. The quantitative estimate of drug-likeness (QED) is 0.717. The first-order valence-corrected chi connectivity index (χ1v) is 7.04. The van der Waals surface area contributed by atoms with Crippen molar-refractivity contribution in [2.24, 2.45) is 0 Å². The molecule has 0 saturated carbocycles. The largest absolute Gasteiger partial charge is 0.345 e. The van der Waals surface area contributed by atoms with Gasteiger partial charge in [0.15, 0.2) is 5.78 Å². The van der Waals surface area contributed by atoms with Crippen LogP contribution in [0.5, 0.6) is 0 Å². The summed E-state index contributed by atoms with van der Waals surface area (Å²) in [4.78, 5) is 19.9. The summed E-state index contributed by atoms with van der Waals surface area (Å²) in [7, 11) is 0. The number of ketones is 1. The lowest BCUT2D eigenvalue weighted by atomic mass is 9.86. The van der Waals surface area contributed by atoms with E-state index in [1.165, 1.54) is 5.56 Å². The minimum atomic E-state index is 0.0229. The lowest BCUT2D eigenvalue weighted by Gasteiger charge is -2.18. The normalized spacial score (nSPS) is 11.8. The highest BCUT2D eigenvalue weighted by atomic mass is 16.1. The Morgan fingerprint density at radius 2 is 1.81 bits per heavy atom. The summed E-state index contributed by atoms with van der Waals surface area (Å²) in [5, 5.41) is 0.863. The van der Waals surface area contributed by atoms with Crippen molar-refractivity contribution in [2.45, 2.75) is 26.2 Å². The molecule has 1 aromatic carbocycles. The van der Waals surface area contributed by atoms with Gasteiger partial charge in [-0.25, -0.2) is 4.98 Å². The molecule has 0 unspecified atom stereocenters. The van der Waals surface area contributed by atoms with Crippen LogP contribution in [0.4, 0.5) is 0 Å². The van der Waals surface area contributed by atoms with Crippen LogP contribution in [-0.2, 0) is 5.41 Å². The summed E-state index contributed by atoms with van der Waals surface area (Å²) in [6.07, 6.45) is 3.45. The maximum absolute atomic E-state index is 12.6. The average Bonchev–Trinajstić information content (AvgIpc) is 2.90. The predicted octanol–water partition coefficient (Wildman–Crippen LogP) is 4.09. The van der Waals surface area contributed by atoms with E-state index in [0.29, 0.717) is 11.1 Å². The number of aromatic nitrogens is 2. The number of carbonyl (C=O) groups is 1. The fourth-order valence-electron chi connectivity index (χ4n) is 2.42. The molecule has 0 radical (unpaired) electrons. The Kier molecular flexibility index (Phi) is 3.13. The molecule has 3 aromatic rings. The molecule has 0 amide bonds. The molecule has 0 aliphatic carbocycles. The van der Waals surface area contributed by atoms with Crippen molar-refractivity contribution in [2.75, 3.05) is 0 Å². The van der Waals surface area contributed by atoms with Crippen LogP contribution in [0, 0.1) is 0 Å². The third-order valence-electron chi connectivity index (χ3n) is 3.71. The van der Waals surface area contributed by atoms with Gasteiger partial charge in [-0.05, 0) is 23.1 Å². The lowest BCUT2D eigenvalue weighted by Crippen LogP contribution is -2.11. The standard InChI is InChI=1S/C18H18N2O/c1-18(2,3)13-8-6-12(7-9-13)16(21)15-11-20-17-14(15)5-4-10-19-17/h4-11H,1-3H3,(H,19,20). The summed E-state index contributed by atoms with van der Waals surface area (Å²) in [5.41, 5.74) is 3.42. The topological polar surface area (TPSA) is 45.8 Å². The lowest BCUT2D eigenvalue weighted by molar-refractivity contribution is 0.104. The number of pyridine rings is 1. The number of hydrogen-bond donors (Lipinski definition) is 1. The summed E-state index contributed by atoms with van der Waals surface area (Å²) >= 11 is 0. The van der Waals surface area contributed by atoms with Crippen molar-refractivity contribution in [3.63, 3.8) is 0 Å². The number of benzene rings is 1. The Balaban J connectivity index is 1.99. The van der Waals surface area contributed by atoms with E-state index in [1.54, 1.807) is 12.4 Å². The number of fused-ring (bicyclic) bond motifs is 1. The smallest absolute Gasteiger partial charge is 0.195 e. The minimum Gasteiger partial charge on any atom is -0.345 e. The van der Waals surface area contributed by atoms with Crippen LogP contribution in [0.15, 0.2) is 48.8 Å². The third-order valence-corrected chi connectivity index (χ3v) is 3.71. The van der Waals surface area contributed by atoms with Gasteiger partial charge in [-0.1, -0.05) is 45.0 Å². The van der Waals surface area contributed by atoms with E-state index < -0.39 is 0 Å². The second-order valence-corrected chi connectivity index (χ2v) is 6.26. The van der Waals surface area contributed by atoms with E-state index >= 15 is 0 Å². The Bertz CT molecular complexity index is 792. The molecule has 3 nitrogen and oxygen atoms in total. The molecular formula is C18H18N2O. The molecule has 0 aliphatic heterocycles. The fraction of sp³-hybridized carbons (Fsp3) is 0.222. The van der Waals surface area contributed by atoms with Crippen LogP contribution in [0.2, 0.25) is 0 Å². The molecule has 3 rings (SSSR count). The van der Waals surface area contributed by atoms with Crippen LogP contribution >= 0.6 is 0 Å². The van der Waals surface area contributed by atoms with E-state index in [9.17, 15) is 4.79 Å². The van der Waals surface area contributed by atoms with Gasteiger partial charge in [0.05, 0.1) is 0 Å². The zero-order chi connectivity index (χ0) is 15.0. The SMILES string of the molecule is CC(C)(C)c1ccc(C(=O)c2c[nH]c3ncccc23)cc1. The number of aromatic amines is 1. The summed E-state index contributed by atoms with van der Waals surface area (Å²) in [6, 6.07) is 11.6. The molecule has 3 heteroatoms. The average molecular weight is 278 g/mol. The van der Waals surface area contributed by atoms with Crippen molar-refractivity contribution >= 4 is 16.8 Å². The first-order chi connectivity index (χ1) is 9.97. The van der Waals surface area contributed by atoms with Gasteiger partial charge in [0.1, 0.15) is 5.65 Å². The highest BCUT2D eigenvalue weighted by Gasteiger charge is 2.17. The molecular weight excluding hydrogens is 260 g/mol. The molecule has 0 bridgehead atoms. The predicted molar refractivity (Wildman–Crippen MR) is 84.7 cm³/mol. The summed E-state index contributed by atoms with van der Waals surface area (Å²) in [6.45, 7) is 6.49. The van der Waals surface area contributed by atoms with Crippen molar-refractivity contribution in [3.05, 3.63) is 65.5 Å². The molecule has 2 heterocycles. The van der Waals surface area contributed by atoms with E-state index in [-0.39, 0.29) is 11.2 Å². The van der Waals surface area contributed by atoms with Gasteiger partial charge < -0.3 is 4.98 Å². The molecule has 0 fully saturated rings. The van der Waals surface area contributed by atoms with Crippen LogP contribution < -0.4 is 0 Å². The molecule has 2 aromatic heterocycles. The first kappa shape index (κ1) is 13.6. The number of hydrogen-bond acceptors (Lipinski definition) is 2. The molecule has 1 N–H and O–H groups in total. The minimum absolute atomic E-state index is 0.0229. The molecule has 21 heavy (non-hydrogen) atoms. The van der Waals surface area contributed by atoms with Gasteiger partial charge in [-0.2, -0.15) is 0 Å². The zero-order valence-electron chi connectivity index (χ0n) is 12.5. The monoisotopic (exact) mass is 278 g/mol. The Labute approximate surface area is 124 Å². The summed E-state index contributed by atoms with van der Waals surface area (Å²) in [5.74, 6) is 0.0229. The van der Waals surface area contributed by atoms with E-state index in [4.69, 9.17) is 0 Å². The van der Waals surface area contributed by atoms with Crippen molar-refractivity contribution in [1.29, 1.82) is 0 Å². The second kappa shape index (κ2) is 4.85. The third kappa shape index (κ3) is 2.47. The van der Waals surface area contributed by atoms with E-state index in [2.05, 4.69) is 30.7 Å². The van der Waals surface area contributed by atoms with Gasteiger partial charge in [0.25, 0.3) is 0 Å². The molecule has 0 atom stereocenters. The fourth-order valence-corrected chi connectivity index (χ4v) is 2.42. The number of H-pyrrole nitrogens is 1. The highest BCUT2D eigenvalue weighted by Crippen LogP contribution is 2.24. The molecule has 0 spiro atoms. The van der Waals surface area contributed by atoms with Gasteiger partial charge in [0.2, 0.25) is 0 Å². The maximum Gasteiger partial charge on any atom is 0.195 e. The zero-order valence-corrected chi connectivity index (χ0v) is 12.5. The van der Waals surface area contributed by atoms with Crippen LogP contribution in [0.1, 0.15) is 42.3 Å². The Hall–Kier alpha value is -2.42. The number of rotatable bonds is 2. The molecule has 0 saturated heterocycles. The summed E-state index contributed by atoms with van der Waals surface area (Å²) < 4.78 is 0. The Morgan fingerprint density at radius 1 is 1.10 bits per heavy atom. The van der Waals surface area contributed by atoms with Crippen molar-refractivity contribution in [1.82, 2.24) is 9.97 Å². The number of nitrogens with one attached hydrogen (secondary N) is 1. The van der Waals surface area contributed by atoms with Crippen LogP contribution in [0.25, 0.3) is 11.0 Å². The van der Waals surface area contributed by atoms with Crippen LogP contribution in [0.3, 0.4) is 0 Å². The van der Waals surface area contributed by atoms with Gasteiger partial charge in [-0.15, -0.1) is 0 Å². The van der Waals surface area contributed by atoms with Gasteiger partial charge >= 0.3 is 0 Å². The second-order valence-electron chi connectivity index (χ2n) is 6.26. The number of carbonyl (C=O) groups excluding carboxylic acids is 1. The van der Waals surface area contributed by atoms with E-state index in [1.807, 2.05) is 36.4 Å².